The summed E-state index contributed by atoms with van der Waals surface area (Å²) in [4.78, 5) is 2.44. The SMILES string of the molecule is OCCCCN1Cc2ccccc2C1. The van der Waals surface area contributed by atoms with Gasteiger partial charge in [0.2, 0.25) is 0 Å². The molecule has 14 heavy (non-hydrogen) atoms. The van der Waals surface area contributed by atoms with Crippen molar-refractivity contribution in [2.75, 3.05) is 13.2 Å². The Kier molecular flexibility index (Phi) is 3.17. The number of hydrogen-bond acceptors (Lipinski definition) is 2. The highest BCUT2D eigenvalue weighted by atomic mass is 16.2. The molecule has 0 bridgehead atoms. The summed E-state index contributed by atoms with van der Waals surface area (Å²) in [5.41, 5.74) is 2.94. The molecule has 0 saturated carbocycles. The minimum atomic E-state index is 0.320. The highest BCUT2D eigenvalue weighted by molar-refractivity contribution is 5.30. The van der Waals surface area contributed by atoms with Gasteiger partial charge in [0.25, 0.3) is 0 Å². The third-order valence-electron chi connectivity index (χ3n) is 2.79. The first-order valence-electron chi connectivity index (χ1n) is 5.30. The number of fused-ring (bicyclic) bond motifs is 1. The van der Waals surface area contributed by atoms with Gasteiger partial charge in [0.05, 0.1) is 0 Å². The maximum absolute atomic E-state index is 8.70. The minimum absolute atomic E-state index is 0.320. The van der Waals surface area contributed by atoms with Crippen LogP contribution in [0.3, 0.4) is 0 Å². The molecule has 1 N–H and O–H groups in total. The van der Waals surface area contributed by atoms with Gasteiger partial charge in [-0.15, -0.1) is 0 Å². The van der Waals surface area contributed by atoms with Crippen molar-refractivity contribution in [3.05, 3.63) is 35.4 Å². The highest BCUT2D eigenvalue weighted by Gasteiger charge is 2.16. The van der Waals surface area contributed by atoms with Gasteiger partial charge in [-0.1, -0.05) is 24.3 Å². The summed E-state index contributed by atoms with van der Waals surface area (Å²) in [6, 6.07) is 8.63. The van der Waals surface area contributed by atoms with Crippen molar-refractivity contribution in [2.45, 2.75) is 25.9 Å². The fourth-order valence-corrected chi connectivity index (χ4v) is 2.01. The average Bonchev–Trinajstić information content (AvgIpc) is 2.60. The molecule has 1 heterocycles. The van der Waals surface area contributed by atoms with Crippen LogP contribution in [0.25, 0.3) is 0 Å². The predicted octanol–water partition coefficient (Wildman–Crippen LogP) is 1.77. The second-order valence-corrected chi connectivity index (χ2v) is 3.91. The van der Waals surface area contributed by atoms with E-state index in [1.165, 1.54) is 11.1 Å². The lowest BCUT2D eigenvalue weighted by atomic mass is 10.1. The Bertz CT molecular complexity index is 273. The lowest BCUT2D eigenvalue weighted by Gasteiger charge is -2.13. The molecule has 0 aliphatic carbocycles. The van der Waals surface area contributed by atoms with E-state index in [2.05, 4.69) is 29.2 Å². The Morgan fingerprint density at radius 2 is 1.71 bits per heavy atom. The maximum Gasteiger partial charge on any atom is 0.0431 e. The molecule has 1 aromatic carbocycles. The molecular formula is C12H17NO. The first-order chi connectivity index (χ1) is 6.90. The largest absolute Gasteiger partial charge is 0.396 e. The summed E-state index contributed by atoms with van der Waals surface area (Å²) >= 11 is 0. The number of aliphatic hydroxyl groups is 1. The molecule has 2 rings (SSSR count). The summed E-state index contributed by atoms with van der Waals surface area (Å²) in [7, 11) is 0. The van der Waals surface area contributed by atoms with E-state index in [1.807, 2.05) is 0 Å². The standard InChI is InChI=1S/C12H17NO/c14-8-4-3-7-13-9-11-5-1-2-6-12(11)10-13/h1-2,5-6,14H,3-4,7-10H2. The van der Waals surface area contributed by atoms with Crippen LogP contribution in [-0.4, -0.2) is 23.2 Å². The Morgan fingerprint density at radius 1 is 1.07 bits per heavy atom. The van der Waals surface area contributed by atoms with Crippen LogP contribution in [0, 0.1) is 0 Å². The van der Waals surface area contributed by atoms with Crippen LogP contribution in [0.15, 0.2) is 24.3 Å². The van der Waals surface area contributed by atoms with Gasteiger partial charge in [0, 0.05) is 19.7 Å². The molecule has 0 saturated heterocycles. The predicted molar refractivity (Wildman–Crippen MR) is 56.9 cm³/mol. The van der Waals surface area contributed by atoms with Crippen LogP contribution >= 0.6 is 0 Å². The van der Waals surface area contributed by atoms with Crippen molar-refractivity contribution < 1.29 is 5.11 Å². The van der Waals surface area contributed by atoms with Crippen molar-refractivity contribution in [3.63, 3.8) is 0 Å². The third-order valence-corrected chi connectivity index (χ3v) is 2.79. The number of nitrogens with zero attached hydrogens (tertiary/aromatic N) is 1. The second kappa shape index (κ2) is 4.58. The molecule has 1 aliphatic rings. The van der Waals surface area contributed by atoms with Gasteiger partial charge < -0.3 is 5.11 Å². The molecule has 1 aromatic rings. The van der Waals surface area contributed by atoms with Crippen molar-refractivity contribution in [3.8, 4) is 0 Å². The molecule has 0 amide bonds. The van der Waals surface area contributed by atoms with Gasteiger partial charge in [-0.25, -0.2) is 0 Å². The lowest BCUT2D eigenvalue weighted by molar-refractivity contribution is 0.245. The fraction of sp³-hybridized carbons (Fsp3) is 0.500. The van der Waals surface area contributed by atoms with E-state index < -0.39 is 0 Å². The monoisotopic (exact) mass is 191 g/mol. The summed E-state index contributed by atoms with van der Waals surface area (Å²) in [6.45, 7) is 3.60. The van der Waals surface area contributed by atoms with Gasteiger partial charge in [-0.2, -0.15) is 0 Å². The first-order valence-corrected chi connectivity index (χ1v) is 5.30. The van der Waals surface area contributed by atoms with Crippen LogP contribution in [0.1, 0.15) is 24.0 Å². The number of hydrogen-bond donors (Lipinski definition) is 1. The van der Waals surface area contributed by atoms with Crippen LogP contribution < -0.4 is 0 Å². The van der Waals surface area contributed by atoms with Crippen LogP contribution in [0.2, 0.25) is 0 Å². The van der Waals surface area contributed by atoms with Crippen molar-refractivity contribution >= 4 is 0 Å². The van der Waals surface area contributed by atoms with Gasteiger partial charge in [0.15, 0.2) is 0 Å². The molecule has 1 aliphatic heterocycles. The summed E-state index contributed by atoms with van der Waals surface area (Å²) < 4.78 is 0. The Balaban J connectivity index is 1.86. The number of aliphatic hydroxyl groups excluding tert-OH is 1. The minimum Gasteiger partial charge on any atom is -0.396 e. The first kappa shape index (κ1) is 9.69. The van der Waals surface area contributed by atoms with E-state index in [0.29, 0.717) is 6.61 Å². The smallest absolute Gasteiger partial charge is 0.0431 e. The van der Waals surface area contributed by atoms with Gasteiger partial charge in [-0.3, -0.25) is 4.90 Å². The van der Waals surface area contributed by atoms with Gasteiger partial charge in [0.1, 0.15) is 0 Å². The molecular weight excluding hydrogens is 174 g/mol. The normalized spacial score (nSPS) is 15.8. The van der Waals surface area contributed by atoms with E-state index in [4.69, 9.17) is 5.11 Å². The van der Waals surface area contributed by atoms with Crippen LogP contribution in [-0.2, 0) is 13.1 Å². The number of unbranched alkanes of at least 4 members (excludes halogenated alkanes) is 1. The Hall–Kier alpha value is -0.860. The second-order valence-electron chi connectivity index (χ2n) is 3.91. The van der Waals surface area contributed by atoms with E-state index in [-0.39, 0.29) is 0 Å². The van der Waals surface area contributed by atoms with Crippen molar-refractivity contribution in [1.82, 2.24) is 4.90 Å². The zero-order valence-electron chi connectivity index (χ0n) is 8.45. The zero-order chi connectivity index (χ0) is 9.80. The quantitative estimate of drug-likeness (QED) is 0.733. The number of rotatable bonds is 4. The van der Waals surface area contributed by atoms with Gasteiger partial charge >= 0.3 is 0 Å². The molecule has 2 nitrogen and oxygen atoms in total. The van der Waals surface area contributed by atoms with Crippen molar-refractivity contribution in [1.29, 1.82) is 0 Å². The summed E-state index contributed by atoms with van der Waals surface area (Å²) in [5.74, 6) is 0. The zero-order valence-corrected chi connectivity index (χ0v) is 8.45. The molecule has 0 unspecified atom stereocenters. The van der Waals surface area contributed by atoms with Crippen LogP contribution in [0.5, 0.6) is 0 Å². The Morgan fingerprint density at radius 3 is 2.29 bits per heavy atom. The maximum atomic E-state index is 8.70. The molecule has 0 spiro atoms. The molecule has 0 atom stereocenters. The van der Waals surface area contributed by atoms with E-state index in [0.717, 1.165) is 32.5 Å². The molecule has 0 fully saturated rings. The van der Waals surface area contributed by atoms with E-state index in [9.17, 15) is 0 Å². The van der Waals surface area contributed by atoms with E-state index >= 15 is 0 Å². The summed E-state index contributed by atoms with van der Waals surface area (Å²) in [5, 5.41) is 8.70. The lowest BCUT2D eigenvalue weighted by Crippen LogP contribution is -2.17. The van der Waals surface area contributed by atoms with E-state index in [1.54, 1.807) is 0 Å². The molecule has 76 valence electrons. The average molecular weight is 191 g/mol. The Labute approximate surface area is 85.2 Å². The third kappa shape index (κ3) is 2.14. The van der Waals surface area contributed by atoms with Gasteiger partial charge in [-0.05, 0) is 30.5 Å². The topological polar surface area (TPSA) is 23.5 Å². The number of benzene rings is 1. The fourth-order valence-electron chi connectivity index (χ4n) is 2.01. The highest BCUT2D eigenvalue weighted by Crippen LogP contribution is 2.22. The van der Waals surface area contributed by atoms with Crippen LogP contribution in [0.4, 0.5) is 0 Å². The molecule has 0 radical (unpaired) electrons. The molecule has 2 heteroatoms. The molecule has 0 aromatic heterocycles. The summed E-state index contributed by atoms with van der Waals surface area (Å²) in [6.07, 6.45) is 2.03. The van der Waals surface area contributed by atoms with Crippen molar-refractivity contribution in [2.24, 2.45) is 0 Å².